The summed E-state index contributed by atoms with van der Waals surface area (Å²) in [5.74, 6) is -0.893. The summed E-state index contributed by atoms with van der Waals surface area (Å²) in [6.07, 6.45) is 3.22. The van der Waals surface area contributed by atoms with Crippen LogP contribution >= 0.6 is 0 Å². The van der Waals surface area contributed by atoms with Crippen LogP contribution in [0.15, 0.2) is 12.2 Å². The van der Waals surface area contributed by atoms with E-state index in [1.807, 2.05) is 0 Å². The maximum absolute atomic E-state index is 9.93. The molecule has 0 aliphatic heterocycles. The smallest absolute Gasteiger partial charge is 0.303 e. The number of carboxylic acid groups (broad SMARTS) is 1. The molecule has 0 fully saturated rings. The highest BCUT2D eigenvalue weighted by atomic mass is 16.6. The van der Waals surface area contributed by atoms with Crippen LogP contribution in [0, 0.1) is 10.1 Å². The SMILES string of the molecule is O=C(O)CCC=CC[N+](=O)[O-]. The van der Waals surface area contributed by atoms with Crippen LogP contribution < -0.4 is 0 Å². The van der Waals surface area contributed by atoms with Crippen molar-refractivity contribution in [1.29, 1.82) is 0 Å². The summed E-state index contributed by atoms with van der Waals surface area (Å²) in [5, 5.41) is 17.9. The molecule has 62 valence electrons. The summed E-state index contributed by atoms with van der Waals surface area (Å²) in [6.45, 7) is -0.236. The minimum Gasteiger partial charge on any atom is -0.481 e. The second-order valence-corrected chi connectivity index (χ2v) is 1.92. The van der Waals surface area contributed by atoms with E-state index in [0.717, 1.165) is 0 Å². The van der Waals surface area contributed by atoms with E-state index in [0.29, 0.717) is 6.42 Å². The monoisotopic (exact) mass is 159 g/mol. The van der Waals surface area contributed by atoms with Gasteiger partial charge in [0, 0.05) is 11.3 Å². The molecule has 0 atom stereocenters. The Morgan fingerprint density at radius 3 is 2.64 bits per heavy atom. The lowest BCUT2D eigenvalue weighted by atomic mass is 10.3. The number of hydrogen-bond donors (Lipinski definition) is 1. The van der Waals surface area contributed by atoms with Crippen molar-refractivity contribution in [2.75, 3.05) is 6.54 Å². The van der Waals surface area contributed by atoms with Gasteiger partial charge < -0.3 is 5.11 Å². The second-order valence-electron chi connectivity index (χ2n) is 1.92. The van der Waals surface area contributed by atoms with E-state index >= 15 is 0 Å². The van der Waals surface area contributed by atoms with Gasteiger partial charge in [0.25, 0.3) is 0 Å². The Morgan fingerprint density at radius 1 is 1.55 bits per heavy atom. The van der Waals surface area contributed by atoms with E-state index in [1.165, 1.54) is 12.2 Å². The first kappa shape index (κ1) is 9.61. The highest BCUT2D eigenvalue weighted by Gasteiger charge is 1.92. The first-order chi connectivity index (χ1) is 5.13. The predicted molar refractivity (Wildman–Crippen MR) is 37.9 cm³/mol. The van der Waals surface area contributed by atoms with Crippen LogP contribution in [0.2, 0.25) is 0 Å². The molecule has 0 rings (SSSR count). The van der Waals surface area contributed by atoms with E-state index in [4.69, 9.17) is 5.11 Å². The summed E-state index contributed by atoms with van der Waals surface area (Å²) in [4.78, 5) is 19.2. The first-order valence-electron chi connectivity index (χ1n) is 3.11. The molecule has 0 unspecified atom stereocenters. The summed E-state index contributed by atoms with van der Waals surface area (Å²) >= 11 is 0. The van der Waals surface area contributed by atoms with Crippen molar-refractivity contribution < 1.29 is 14.8 Å². The molecule has 0 aromatic heterocycles. The molecule has 0 aliphatic rings. The Kier molecular flexibility index (Phi) is 4.72. The van der Waals surface area contributed by atoms with Gasteiger partial charge in [0.2, 0.25) is 6.54 Å². The molecular weight excluding hydrogens is 150 g/mol. The highest BCUT2D eigenvalue weighted by molar-refractivity contribution is 5.66. The number of hydrogen-bond acceptors (Lipinski definition) is 3. The molecule has 5 heteroatoms. The summed E-state index contributed by atoms with van der Waals surface area (Å²) in [6, 6.07) is 0. The lowest BCUT2D eigenvalue weighted by Crippen LogP contribution is -1.96. The Bertz CT molecular complexity index is 175. The van der Waals surface area contributed by atoms with Crippen molar-refractivity contribution in [3.63, 3.8) is 0 Å². The lowest BCUT2D eigenvalue weighted by molar-refractivity contribution is -0.468. The molecule has 0 spiro atoms. The largest absolute Gasteiger partial charge is 0.481 e. The van der Waals surface area contributed by atoms with Gasteiger partial charge in [0.05, 0.1) is 0 Å². The maximum Gasteiger partial charge on any atom is 0.303 e. The van der Waals surface area contributed by atoms with Crippen LogP contribution in [0.25, 0.3) is 0 Å². The van der Waals surface area contributed by atoms with Crippen molar-refractivity contribution in [2.45, 2.75) is 12.8 Å². The first-order valence-corrected chi connectivity index (χ1v) is 3.11. The summed E-state index contributed by atoms with van der Waals surface area (Å²) < 4.78 is 0. The van der Waals surface area contributed by atoms with Crippen LogP contribution in [-0.2, 0) is 4.79 Å². The topological polar surface area (TPSA) is 80.4 Å². The minimum atomic E-state index is -0.893. The standard InChI is InChI=1S/C6H9NO4/c8-6(9)4-2-1-3-5-7(10)11/h1,3H,2,4-5H2,(H,8,9). The normalized spacial score (nSPS) is 10.2. The Morgan fingerprint density at radius 2 is 2.18 bits per heavy atom. The van der Waals surface area contributed by atoms with Gasteiger partial charge in [0.15, 0.2) is 0 Å². The number of nitro groups is 1. The van der Waals surface area contributed by atoms with Crippen LogP contribution in [0.5, 0.6) is 0 Å². The summed E-state index contributed by atoms with van der Waals surface area (Å²) in [7, 11) is 0. The quantitative estimate of drug-likeness (QED) is 0.363. The molecular formula is C6H9NO4. The zero-order chi connectivity index (χ0) is 8.69. The molecule has 0 amide bonds. The van der Waals surface area contributed by atoms with Gasteiger partial charge in [-0.2, -0.15) is 0 Å². The van der Waals surface area contributed by atoms with Crippen molar-refractivity contribution >= 4 is 5.97 Å². The predicted octanol–water partition coefficient (Wildman–Crippen LogP) is 0.684. The third-order valence-electron chi connectivity index (χ3n) is 0.946. The Hall–Kier alpha value is -1.39. The number of nitrogens with zero attached hydrogens (tertiary/aromatic N) is 1. The fourth-order valence-electron chi connectivity index (χ4n) is 0.485. The third-order valence-corrected chi connectivity index (χ3v) is 0.946. The van der Waals surface area contributed by atoms with E-state index in [-0.39, 0.29) is 13.0 Å². The fraction of sp³-hybridized carbons (Fsp3) is 0.500. The van der Waals surface area contributed by atoms with Gasteiger partial charge in [-0.15, -0.1) is 0 Å². The fourth-order valence-corrected chi connectivity index (χ4v) is 0.485. The zero-order valence-corrected chi connectivity index (χ0v) is 5.90. The molecule has 0 heterocycles. The molecule has 1 N–H and O–H groups in total. The number of carbonyl (C=O) groups is 1. The van der Waals surface area contributed by atoms with E-state index in [1.54, 1.807) is 0 Å². The average Bonchev–Trinajstić information content (AvgIpc) is 1.85. The Labute approximate surface area is 63.5 Å². The van der Waals surface area contributed by atoms with Crippen LogP contribution in [0.1, 0.15) is 12.8 Å². The van der Waals surface area contributed by atoms with E-state index in [9.17, 15) is 14.9 Å². The molecule has 0 bridgehead atoms. The second kappa shape index (κ2) is 5.40. The zero-order valence-electron chi connectivity index (χ0n) is 5.90. The average molecular weight is 159 g/mol. The van der Waals surface area contributed by atoms with Crippen molar-refractivity contribution in [3.8, 4) is 0 Å². The van der Waals surface area contributed by atoms with Crippen LogP contribution in [0.4, 0.5) is 0 Å². The number of rotatable bonds is 5. The van der Waals surface area contributed by atoms with Crippen LogP contribution in [0.3, 0.4) is 0 Å². The summed E-state index contributed by atoms with van der Waals surface area (Å²) in [5.41, 5.74) is 0. The van der Waals surface area contributed by atoms with Crippen LogP contribution in [-0.4, -0.2) is 22.5 Å². The molecule has 0 aromatic carbocycles. The minimum absolute atomic E-state index is 0.0220. The molecule has 0 radical (unpaired) electrons. The molecule has 0 aliphatic carbocycles. The van der Waals surface area contributed by atoms with Crippen molar-refractivity contribution in [2.24, 2.45) is 0 Å². The van der Waals surface area contributed by atoms with Gasteiger partial charge >= 0.3 is 5.97 Å². The molecule has 0 saturated carbocycles. The third kappa shape index (κ3) is 8.61. The van der Waals surface area contributed by atoms with Crippen molar-refractivity contribution in [3.05, 3.63) is 22.3 Å². The number of aliphatic carboxylic acids is 1. The van der Waals surface area contributed by atoms with Gasteiger partial charge in [-0.05, 0) is 12.5 Å². The lowest BCUT2D eigenvalue weighted by Gasteiger charge is -1.85. The molecule has 5 nitrogen and oxygen atoms in total. The van der Waals surface area contributed by atoms with Gasteiger partial charge in [0.1, 0.15) is 0 Å². The van der Waals surface area contributed by atoms with Gasteiger partial charge in [-0.1, -0.05) is 6.08 Å². The van der Waals surface area contributed by atoms with Gasteiger partial charge in [-0.3, -0.25) is 14.9 Å². The maximum atomic E-state index is 9.93. The molecule has 0 aromatic rings. The number of allylic oxidation sites excluding steroid dienone is 1. The highest BCUT2D eigenvalue weighted by Crippen LogP contribution is 1.89. The van der Waals surface area contributed by atoms with Gasteiger partial charge in [-0.25, -0.2) is 0 Å². The number of carboxylic acids is 1. The van der Waals surface area contributed by atoms with E-state index < -0.39 is 10.9 Å². The molecule has 0 saturated heterocycles. The van der Waals surface area contributed by atoms with Crippen molar-refractivity contribution in [1.82, 2.24) is 0 Å². The van der Waals surface area contributed by atoms with E-state index in [2.05, 4.69) is 0 Å². The Balaban J connectivity index is 3.30. The molecule has 11 heavy (non-hydrogen) atoms.